The number of amides is 2. The standard InChI is InChI=1S/C22H28BrN3O5S/c1-15-12-18(8-11-20(15)23)26(32(5,29)30)14-21(27)25(16(2)22(28)24-3)13-17-6-9-19(31-4)10-7-17/h6-12,16H,13-14H2,1-5H3,(H,24,28)/t16-/m0/s1. The molecule has 1 atom stereocenters. The highest BCUT2D eigenvalue weighted by atomic mass is 79.9. The average molecular weight is 526 g/mol. The molecule has 2 amide bonds. The third kappa shape index (κ3) is 6.46. The minimum absolute atomic E-state index is 0.133. The summed E-state index contributed by atoms with van der Waals surface area (Å²) in [6.45, 7) is 3.14. The van der Waals surface area contributed by atoms with Crippen LogP contribution in [0.1, 0.15) is 18.1 Å². The van der Waals surface area contributed by atoms with Crippen LogP contribution in [0.15, 0.2) is 46.9 Å². The van der Waals surface area contributed by atoms with Gasteiger partial charge in [-0.3, -0.25) is 13.9 Å². The highest BCUT2D eigenvalue weighted by molar-refractivity contribution is 9.10. The van der Waals surface area contributed by atoms with Crippen molar-refractivity contribution in [2.24, 2.45) is 0 Å². The number of hydrogen-bond donors (Lipinski definition) is 1. The number of rotatable bonds is 9. The van der Waals surface area contributed by atoms with Crippen LogP contribution in [0, 0.1) is 6.92 Å². The van der Waals surface area contributed by atoms with Gasteiger partial charge in [0.05, 0.1) is 19.1 Å². The first kappa shape index (κ1) is 25.7. The Hall–Kier alpha value is -2.59. The molecule has 0 fully saturated rings. The quantitative estimate of drug-likeness (QED) is 0.542. The van der Waals surface area contributed by atoms with Gasteiger partial charge in [-0.25, -0.2) is 8.42 Å². The Balaban J connectivity index is 2.38. The molecule has 2 aromatic rings. The number of methoxy groups -OCH3 is 1. The van der Waals surface area contributed by atoms with Crippen molar-refractivity contribution in [3.05, 3.63) is 58.1 Å². The molecule has 0 radical (unpaired) electrons. The van der Waals surface area contributed by atoms with Crippen LogP contribution < -0.4 is 14.4 Å². The number of nitrogens with zero attached hydrogens (tertiary/aromatic N) is 2. The van der Waals surface area contributed by atoms with E-state index in [1.807, 2.05) is 6.92 Å². The van der Waals surface area contributed by atoms with E-state index in [9.17, 15) is 18.0 Å². The van der Waals surface area contributed by atoms with E-state index in [0.29, 0.717) is 11.4 Å². The maximum atomic E-state index is 13.3. The van der Waals surface area contributed by atoms with Crippen molar-refractivity contribution in [2.75, 3.05) is 31.3 Å². The second-order valence-electron chi connectivity index (χ2n) is 7.36. The first-order chi connectivity index (χ1) is 15.0. The first-order valence-corrected chi connectivity index (χ1v) is 12.5. The number of anilines is 1. The lowest BCUT2D eigenvalue weighted by molar-refractivity contribution is -0.139. The lowest BCUT2D eigenvalue weighted by Crippen LogP contribution is -2.50. The van der Waals surface area contributed by atoms with Crippen LogP contribution >= 0.6 is 15.9 Å². The molecule has 0 spiro atoms. The molecule has 32 heavy (non-hydrogen) atoms. The average Bonchev–Trinajstić information content (AvgIpc) is 2.76. The van der Waals surface area contributed by atoms with E-state index < -0.39 is 28.5 Å². The zero-order valence-corrected chi connectivity index (χ0v) is 21.2. The van der Waals surface area contributed by atoms with Gasteiger partial charge in [0.15, 0.2) is 0 Å². The first-order valence-electron chi connectivity index (χ1n) is 9.85. The number of nitrogens with one attached hydrogen (secondary N) is 1. The fourth-order valence-corrected chi connectivity index (χ4v) is 4.20. The maximum absolute atomic E-state index is 13.3. The summed E-state index contributed by atoms with van der Waals surface area (Å²) in [5.74, 6) is -0.181. The van der Waals surface area contributed by atoms with Crippen molar-refractivity contribution >= 4 is 43.5 Å². The van der Waals surface area contributed by atoms with Crippen molar-refractivity contribution in [1.29, 1.82) is 0 Å². The SMILES string of the molecule is CNC(=O)[C@H](C)N(Cc1ccc(OC)cc1)C(=O)CN(c1ccc(Br)c(C)c1)S(C)(=O)=O. The maximum Gasteiger partial charge on any atom is 0.244 e. The summed E-state index contributed by atoms with van der Waals surface area (Å²) in [7, 11) is -0.710. The molecule has 0 unspecified atom stereocenters. The van der Waals surface area contributed by atoms with Gasteiger partial charge >= 0.3 is 0 Å². The summed E-state index contributed by atoms with van der Waals surface area (Å²) < 4.78 is 32.1. The summed E-state index contributed by atoms with van der Waals surface area (Å²) in [4.78, 5) is 27.0. The Labute approximate surface area is 197 Å². The van der Waals surface area contributed by atoms with Crippen LogP contribution in [0.5, 0.6) is 5.75 Å². The van der Waals surface area contributed by atoms with Crippen LogP contribution in [0.3, 0.4) is 0 Å². The Kier molecular flexibility index (Phi) is 8.68. The van der Waals surface area contributed by atoms with Crippen molar-refractivity contribution in [3.63, 3.8) is 0 Å². The molecule has 0 aliphatic heterocycles. The van der Waals surface area contributed by atoms with E-state index >= 15 is 0 Å². The molecule has 8 nitrogen and oxygen atoms in total. The van der Waals surface area contributed by atoms with Crippen molar-refractivity contribution in [2.45, 2.75) is 26.4 Å². The molecular weight excluding hydrogens is 498 g/mol. The Bertz CT molecular complexity index is 1070. The monoisotopic (exact) mass is 525 g/mol. The Morgan fingerprint density at radius 3 is 2.28 bits per heavy atom. The summed E-state index contributed by atoms with van der Waals surface area (Å²) in [5.41, 5.74) is 1.98. The number of aryl methyl sites for hydroxylation is 1. The Morgan fingerprint density at radius 1 is 1.16 bits per heavy atom. The number of likely N-dealkylation sites (N-methyl/N-ethyl adjacent to an activating group) is 1. The number of sulfonamides is 1. The molecular formula is C22H28BrN3O5S. The van der Waals surface area contributed by atoms with E-state index in [4.69, 9.17) is 4.74 Å². The molecule has 0 saturated carbocycles. The van der Waals surface area contributed by atoms with E-state index in [1.165, 1.54) is 11.9 Å². The van der Waals surface area contributed by atoms with E-state index in [0.717, 1.165) is 26.2 Å². The fraction of sp³-hybridized carbons (Fsp3) is 0.364. The van der Waals surface area contributed by atoms with E-state index in [-0.39, 0.29) is 12.5 Å². The highest BCUT2D eigenvalue weighted by Crippen LogP contribution is 2.25. The van der Waals surface area contributed by atoms with Crippen LogP contribution in [-0.4, -0.2) is 58.1 Å². The predicted molar refractivity (Wildman–Crippen MR) is 128 cm³/mol. The van der Waals surface area contributed by atoms with Gasteiger partial charge in [-0.1, -0.05) is 28.1 Å². The third-order valence-electron chi connectivity index (χ3n) is 5.03. The van der Waals surface area contributed by atoms with Crippen molar-refractivity contribution in [3.8, 4) is 5.75 Å². The largest absolute Gasteiger partial charge is 0.497 e. The van der Waals surface area contributed by atoms with Gasteiger partial charge in [-0.2, -0.15) is 0 Å². The molecule has 0 aliphatic carbocycles. The van der Waals surface area contributed by atoms with E-state index in [2.05, 4.69) is 21.2 Å². The number of carbonyl (C=O) groups excluding carboxylic acids is 2. The van der Waals surface area contributed by atoms with Gasteiger partial charge in [-0.15, -0.1) is 0 Å². The Morgan fingerprint density at radius 2 is 1.78 bits per heavy atom. The number of hydrogen-bond acceptors (Lipinski definition) is 5. The molecule has 174 valence electrons. The second-order valence-corrected chi connectivity index (χ2v) is 10.1. The fourth-order valence-electron chi connectivity index (χ4n) is 3.12. The molecule has 0 aliphatic rings. The minimum Gasteiger partial charge on any atom is -0.497 e. The molecule has 2 aromatic carbocycles. The van der Waals surface area contributed by atoms with Gasteiger partial charge in [0.25, 0.3) is 0 Å². The predicted octanol–water partition coefficient (Wildman–Crippen LogP) is 2.70. The molecule has 0 bridgehead atoms. The lowest BCUT2D eigenvalue weighted by Gasteiger charge is -2.31. The molecule has 0 saturated heterocycles. The lowest BCUT2D eigenvalue weighted by atomic mass is 10.1. The van der Waals surface area contributed by atoms with Gasteiger partial charge in [0.1, 0.15) is 18.3 Å². The summed E-state index contributed by atoms with van der Waals surface area (Å²) in [5, 5.41) is 2.54. The van der Waals surface area contributed by atoms with Gasteiger partial charge in [0.2, 0.25) is 21.8 Å². The van der Waals surface area contributed by atoms with Gasteiger partial charge in [-0.05, 0) is 55.3 Å². The summed E-state index contributed by atoms with van der Waals surface area (Å²) in [6, 6.07) is 11.4. The van der Waals surface area contributed by atoms with Crippen LogP contribution in [0.4, 0.5) is 5.69 Å². The second kappa shape index (κ2) is 10.8. The topological polar surface area (TPSA) is 96.0 Å². The number of carbonyl (C=O) groups is 2. The molecule has 0 aromatic heterocycles. The van der Waals surface area contributed by atoms with Crippen LogP contribution in [0.2, 0.25) is 0 Å². The smallest absolute Gasteiger partial charge is 0.244 e. The minimum atomic E-state index is -3.76. The van der Waals surface area contributed by atoms with Crippen LogP contribution in [0.25, 0.3) is 0 Å². The normalized spacial score (nSPS) is 12.1. The van der Waals surface area contributed by atoms with Crippen molar-refractivity contribution in [1.82, 2.24) is 10.2 Å². The summed E-state index contributed by atoms with van der Waals surface area (Å²) >= 11 is 3.40. The highest BCUT2D eigenvalue weighted by Gasteiger charge is 2.29. The summed E-state index contributed by atoms with van der Waals surface area (Å²) in [6.07, 6.45) is 1.05. The molecule has 10 heteroatoms. The molecule has 0 heterocycles. The van der Waals surface area contributed by atoms with Crippen LogP contribution in [-0.2, 0) is 26.2 Å². The number of benzene rings is 2. The van der Waals surface area contributed by atoms with Gasteiger partial charge < -0.3 is 15.0 Å². The zero-order chi connectivity index (χ0) is 24.1. The molecule has 1 N–H and O–H groups in total. The van der Waals surface area contributed by atoms with Gasteiger partial charge in [0, 0.05) is 18.1 Å². The third-order valence-corrected chi connectivity index (χ3v) is 7.06. The van der Waals surface area contributed by atoms with E-state index in [1.54, 1.807) is 56.5 Å². The number of halogens is 1. The van der Waals surface area contributed by atoms with Crippen molar-refractivity contribution < 1.29 is 22.7 Å². The number of ether oxygens (including phenoxy) is 1. The molecule has 2 rings (SSSR count). The zero-order valence-electron chi connectivity index (χ0n) is 18.8.